The summed E-state index contributed by atoms with van der Waals surface area (Å²) in [6.45, 7) is 2.98. The average Bonchev–Trinajstić information content (AvgIpc) is 2.45. The van der Waals surface area contributed by atoms with Gasteiger partial charge in [-0.3, -0.25) is 0 Å². The molecule has 3 N–H and O–H groups in total. The van der Waals surface area contributed by atoms with Gasteiger partial charge < -0.3 is 11.1 Å². The minimum atomic E-state index is 0. The van der Waals surface area contributed by atoms with Crippen molar-refractivity contribution in [1.29, 1.82) is 0 Å². The predicted molar refractivity (Wildman–Crippen MR) is 95.5 cm³/mol. The normalized spacial score (nSPS) is 12.7. The molecule has 0 aliphatic rings. The molecule has 21 heavy (non-hydrogen) atoms. The molecule has 0 heterocycles. The van der Waals surface area contributed by atoms with E-state index in [1.54, 1.807) is 0 Å². The quantitative estimate of drug-likeness (QED) is 0.848. The van der Waals surface area contributed by atoms with E-state index < -0.39 is 0 Å². The standard InChI is InChI=1S/C17H22N2.2ClH/c1-14(18)17(16-10-6-3-7-11-16)19-13-12-15-8-4-2-5-9-15;;/h2-11,14,17,19H,12-13,18H2,1H3;2*1H. The molecule has 0 saturated heterocycles. The van der Waals surface area contributed by atoms with Crippen molar-refractivity contribution in [3.05, 3.63) is 71.8 Å². The highest BCUT2D eigenvalue weighted by molar-refractivity contribution is 5.85. The fourth-order valence-corrected chi connectivity index (χ4v) is 2.28. The van der Waals surface area contributed by atoms with Crippen molar-refractivity contribution in [2.45, 2.75) is 25.4 Å². The molecule has 2 rings (SSSR count). The number of hydrogen-bond acceptors (Lipinski definition) is 2. The Hall–Kier alpha value is -1.06. The van der Waals surface area contributed by atoms with Gasteiger partial charge in [0, 0.05) is 12.1 Å². The zero-order chi connectivity index (χ0) is 13.5. The number of hydrogen-bond donors (Lipinski definition) is 2. The Balaban J connectivity index is 0.00000200. The van der Waals surface area contributed by atoms with E-state index in [0.29, 0.717) is 0 Å². The zero-order valence-electron chi connectivity index (χ0n) is 12.2. The lowest BCUT2D eigenvalue weighted by Gasteiger charge is -2.23. The van der Waals surface area contributed by atoms with E-state index in [-0.39, 0.29) is 36.9 Å². The van der Waals surface area contributed by atoms with Gasteiger partial charge in [-0.2, -0.15) is 0 Å². The highest BCUT2D eigenvalue weighted by Crippen LogP contribution is 2.15. The minimum Gasteiger partial charge on any atom is -0.326 e. The van der Waals surface area contributed by atoms with Crippen LogP contribution in [0.1, 0.15) is 24.1 Å². The molecular weight excluding hydrogens is 303 g/mol. The van der Waals surface area contributed by atoms with Gasteiger partial charge in [0.05, 0.1) is 0 Å². The maximum atomic E-state index is 6.09. The number of nitrogens with one attached hydrogen (secondary N) is 1. The number of benzene rings is 2. The van der Waals surface area contributed by atoms with Gasteiger partial charge in [0.2, 0.25) is 0 Å². The first-order valence-corrected chi connectivity index (χ1v) is 6.85. The van der Waals surface area contributed by atoms with Crippen molar-refractivity contribution in [3.8, 4) is 0 Å². The molecule has 4 heteroatoms. The summed E-state index contributed by atoms with van der Waals surface area (Å²) in [5.74, 6) is 0. The van der Waals surface area contributed by atoms with Crippen LogP contribution in [0, 0.1) is 0 Å². The van der Waals surface area contributed by atoms with Gasteiger partial charge in [-0.1, -0.05) is 60.7 Å². The van der Waals surface area contributed by atoms with E-state index in [0.717, 1.165) is 13.0 Å². The lowest BCUT2D eigenvalue weighted by atomic mass is 10.0. The van der Waals surface area contributed by atoms with Crippen molar-refractivity contribution in [3.63, 3.8) is 0 Å². The topological polar surface area (TPSA) is 38.0 Å². The van der Waals surface area contributed by atoms with Crippen molar-refractivity contribution >= 4 is 24.8 Å². The average molecular weight is 327 g/mol. The molecule has 0 aliphatic carbocycles. The van der Waals surface area contributed by atoms with Gasteiger partial charge in [-0.15, -0.1) is 24.8 Å². The molecule has 2 aromatic carbocycles. The second kappa shape index (κ2) is 10.6. The van der Waals surface area contributed by atoms with Crippen LogP contribution in [0.5, 0.6) is 0 Å². The smallest absolute Gasteiger partial charge is 0.0471 e. The van der Waals surface area contributed by atoms with Gasteiger partial charge >= 0.3 is 0 Å². The molecule has 0 bridgehead atoms. The van der Waals surface area contributed by atoms with Crippen molar-refractivity contribution < 1.29 is 0 Å². The first-order chi connectivity index (χ1) is 9.27. The van der Waals surface area contributed by atoms with E-state index >= 15 is 0 Å². The number of nitrogens with two attached hydrogens (primary N) is 1. The van der Waals surface area contributed by atoms with Gasteiger partial charge in [-0.25, -0.2) is 0 Å². The first-order valence-electron chi connectivity index (χ1n) is 6.85. The Kier molecular flexibility index (Phi) is 10.1. The Bertz CT molecular complexity index is 475. The van der Waals surface area contributed by atoms with E-state index in [2.05, 4.69) is 53.8 Å². The molecule has 2 atom stereocenters. The Morgan fingerprint density at radius 2 is 1.43 bits per heavy atom. The van der Waals surface area contributed by atoms with Crippen LogP contribution >= 0.6 is 24.8 Å². The maximum absolute atomic E-state index is 6.09. The second-order valence-electron chi connectivity index (χ2n) is 4.94. The molecule has 0 spiro atoms. The maximum Gasteiger partial charge on any atom is 0.0471 e. The van der Waals surface area contributed by atoms with Gasteiger partial charge in [0.25, 0.3) is 0 Å². The summed E-state index contributed by atoms with van der Waals surface area (Å²) >= 11 is 0. The third-order valence-corrected chi connectivity index (χ3v) is 3.31. The summed E-state index contributed by atoms with van der Waals surface area (Å²) in [4.78, 5) is 0. The third kappa shape index (κ3) is 6.49. The fraction of sp³-hybridized carbons (Fsp3) is 0.294. The lowest BCUT2D eigenvalue weighted by molar-refractivity contribution is 0.467. The summed E-state index contributed by atoms with van der Waals surface area (Å²) in [7, 11) is 0. The second-order valence-corrected chi connectivity index (χ2v) is 4.94. The Morgan fingerprint density at radius 1 is 0.905 bits per heavy atom. The molecule has 0 saturated carbocycles. The number of rotatable bonds is 6. The molecule has 0 aliphatic heterocycles. The largest absolute Gasteiger partial charge is 0.326 e. The molecule has 2 nitrogen and oxygen atoms in total. The van der Waals surface area contributed by atoms with Crippen LogP contribution in [0.3, 0.4) is 0 Å². The van der Waals surface area contributed by atoms with Crippen LogP contribution in [0.2, 0.25) is 0 Å². The molecule has 2 aromatic rings. The van der Waals surface area contributed by atoms with Crippen LogP contribution in [0.4, 0.5) is 0 Å². The Morgan fingerprint density at radius 3 is 1.95 bits per heavy atom. The summed E-state index contributed by atoms with van der Waals surface area (Å²) in [6, 6.07) is 21.2. The summed E-state index contributed by atoms with van der Waals surface area (Å²) in [6.07, 6.45) is 1.02. The summed E-state index contributed by atoms with van der Waals surface area (Å²) < 4.78 is 0. The Labute approximate surface area is 140 Å². The molecule has 0 radical (unpaired) electrons. The lowest BCUT2D eigenvalue weighted by Crippen LogP contribution is -2.36. The highest BCUT2D eigenvalue weighted by Gasteiger charge is 2.14. The molecular formula is C17H24Cl2N2. The SMILES string of the molecule is CC(N)C(NCCc1ccccc1)c1ccccc1.Cl.Cl. The summed E-state index contributed by atoms with van der Waals surface area (Å²) in [5.41, 5.74) is 8.69. The highest BCUT2D eigenvalue weighted by atomic mass is 35.5. The molecule has 2 unspecified atom stereocenters. The fourth-order valence-electron chi connectivity index (χ4n) is 2.28. The zero-order valence-corrected chi connectivity index (χ0v) is 13.9. The number of halogens is 2. The molecule has 0 aromatic heterocycles. The van der Waals surface area contributed by atoms with Crippen molar-refractivity contribution in [2.75, 3.05) is 6.54 Å². The van der Waals surface area contributed by atoms with E-state index in [9.17, 15) is 0 Å². The predicted octanol–water partition coefficient (Wildman–Crippen LogP) is 3.75. The van der Waals surface area contributed by atoms with Gasteiger partial charge in [-0.05, 0) is 31.0 Å². The van der Waals surface area contributed by atoms with Crippen molar-refractivity contribution in [1.82, 2.24) is 5.32 Å². The van der Waals surface area contributed by atoms with E-state index in [1.165, 1.54) is 11.1 Å². The van der Waals surface area contributed by atoms with E-state index in [4.69, 9.17) is 5.73 Å². The van der Waals surface area contributed by atoms with Gasteiger partial charge in [0.15, 0.2) is 0 Å². The van der Waals surface area contributed by atoms with Crippen LogP contribution in [-0.2, 0) is 6.42 Å². The summed E-state index contributed by atoms with van der Waals surface area (Å²) in [5, 5.41) is 3.56. The van der Waals surface area contributed by atoms with Gasteiger partial charge in [0.1, 0.15) is 0 Å². The first kappa shape index (κ1) is 19.9. The van der Waals surface area contributed by atoms with E-state index in [1.807, 2.05) is 19.1 Å². The minimum absolute atomic E-state index is 0. The van der Waals surface area contributed by atoms with Crippen molar-refractivity contribution in [2.24, 2.45) is 5.73 Å². The van der Waals surface area contributed by atoms with Crippen LogP contribution in [0.15, 0.2) is 60.7 Å². The monoisotopic (exact) mass is 326 g/mol. The molecule has 116 valence electrons. The van der Waals surface area contributed by atoms with Crippen LogP contribution in [0.25, 0.3) is 0 Å². The van der Waals surface area contributed by atoms with Crippen LogP contribution in [-0.4, -0.2) is 12.6 Å². The third-order valence-electron chi connectivity index (χ3n) is 3.31. The molecule has 0 fully saturated rings. The molecule has 0 amide bonds. The van der Waals surface area contributed by atoms with Crippen LogP contribution < -0.4 is 11.1 Å².